The molecule has 10 aromatic rings. The lowest BCUT2D eigenvalue weighted by Gasteiger charge is -2.41. The SMILES string of the molecule is Cn1c(-c2cccc(C(F)c3cc4c(c5c3Sc3ccccc3[Si]5(c3ccccc3)c3ccccc3)c3ccccc3n4-c3ccccn3)c2)nc2ccccc21. The second-order valence-electron chi connectivity index (χ2n) is 14.7. The van der Waals surface area contributed by atoms with Gasteiger partial charge in [0.15, 0.2) is 14.2 Å². The molecule has 0 aliphatic carbocycles. The van der Waals surface area contributed by atoms with E-state index in [4.69, 9.17) is 9.97 Å². The Bertz CT molecular complexity index is 3100. The first kappa shape index (κ1) is 33.8. The van der Waals surface area contributed by atoms with Crippen LogP contribution in [0.2, 0.25) is 0 Å². The molecule has 0 N–H and O–H groups in total. The summed E-state index contributed by atoms with van der Waals surface area (Å²) >= 11 is 1.71. The predicted octanol–water partition coefficient (Wildman–Crippen LogP) is 9.63. The van der Waals surface area contributed by atoms with Crippen LogP contribution in [0.1, 0.15) is 17.3 Å². The van der Waals surface area contributed by atoms with Gasteiger partial charge in [-0.25, -0.2) is 14.4 Å². The van der Waals surface area contributed by atoms with Crippen molar-refractivity contribution in [1.29, 1.82) is 0 Å². The van der Waals surface area contributed by atoms with Crippen molar-refractivity contribution in [2.45, 2.75) is 16.0 Å². The van der Waals surface area contributed by atoms with Crippen LogP contribution < -0.4 is 20.7 Å². The van der Waals surface area contributed by atoms with E-state index in [2.05, 4.69) is 130 Å². The summed E-state index contributed by atoms with van der Waals surface area (Å²) in [7, 11) is -1.12. The van der Waals surface area contributed by atoms with E-state index in [0.29, 0.717) is 11.1 Å². The molecule has 1 aliphatic rings. The predicted molar refractivity (Wildman–Crippen MR) is 235 cm³/mol. The van der Waals surface area contributed by atoms with Gasteiger partial charge in [-0.3, -0.25) is 4.57 Å². The second-order valence-corrected chi connectivity index (χ2v) is 19.4. The molecule has 1 aliphatic heterocycles. The fourth-order valence-corrected chi connectivity index (χ4v) is 16.6. The van der Waals surface area contributed by atoms with Crippen LogP contribution in [0.25, 0.3) is 50.0 Å². The van der Waals surface area contributed by atoms with Crippen LogP contribution in [0, 0.1) is 0 Å². The molecule has 3 aromatic heterocycles. The minimum absolute atomic E-state index is 0.591. The average Bonchev–Trinajstić information content (AvgIpc) is 3.80. The van der Waals surface area contributed by atoms with Crippen molar-refractivity contribution in [3.63, 3.8) is 0 Å². The molecule has 272 valence electrons. The van der Waals surface area contributed by atoms with Gasteiger partial charge in [-0.1, -0.05) is 145 Å². The second kappa shape index (κ2) is 13.3. The number of nitrogens with zero attached hydrogens (tertiary/aromatic N) is 4. The highest BCUT2D eigenvalue weighted by atomic mass is 32.2. The summed E-state index contributed by atoms with van der Waals surface area (Å²) in [5.41, 5.74) is 6.06. The van der Waals surface area contributed by atoms with Crippen LogP contribution in [0.5, 0.6) is 0 Å². The Morgan fingerprint density at radius 2 is 1.32 bits per heavy atom. The molecule has 7 aromatic carbocycles. The smallest absolute Gasteiger partial charge is 0.182 e. The molecule has 1 atom stereocenters. The minimum Gasteiger partial charge on any atom is -0.327 e. The fraction of sp³-hybridized carbons (Fsp3) is 0.0400. The van der Waals surface area contributed by atoms with Crippen LogP contribution in [0.3, 0.4) is 0 Å². The molecule has 57 heavy (non-hydrogen) atoms. The maximum atomic E-state index is 18.4. The molecule has 7 heteroatoms. The third-order valence-electron chi connectivity index (χ3n) is 11.6. The van der Waals surface area contributed by atoms with E-state index in [-0.39, 0.29) is 0 Å². The number of pyridine rings is 1. The normalized spacial score (nSPS) is 13.8. The summed E-state index contributed by atoms with van der Waals surface area (Å²) in [6.45, 7) is 0. The minimum atomic E-state index is -3.15. The highest BCUT2D eigenvalue weighted by Gasteiger charge is 2.49. The van der Waals surface area contributed by atoms with E-state index in [1.165, 1.54) is 25.6 Å². The summed E-state index contributed by atoms with van der Waals surface area (Å²) in [6.07, 6.45) is 0.391. The van der Waals surface area contributed by atoms with E-state index in [1.54, 1.807) is 11.8 Å². The van der Waals surface area contributed by atoms with E-state index >= 15 is 4.39 Å². The first-order chi connectivity index (χ1) is 28.1. The van der Waals surface area contributed by atoms with E-state index in [0.717, 1.165) is 54.9 Å². The van der Waals surface area contributed by atoms with Crippen molar-refractivity contribution in [3.05, 3.63) is 199 Å². The number of imidazole rings is 1. The average molecular weight is 771 g/mol. The Balaban J connectivity index is 1.28. The Morgan fingerprint density at radius 1 is 0.632 bits per heavy atom. The number of hydrogen-bond acceptors (Lipinski definition) is 3. The van der Waals surface area contributed by atoms with Gasteiger partial charge in [0.1, 0.15) is 11.6 Å². The van der Waals surface area contributed by atoms with Gasteiger partial charge in [0.2, 0.25) is 0 Å². The zero-order valence-corrected chi connectivity index (χ0v) is 32.9. The molecule has 0 bridgehead atoms. The molecule has 4 nitrogen and oxygen atoms in total. The van der Waals surface area contributed by atoms with Gasteiger partial charge in [-0.2, -0.15) is 0 Å². The number of rotatable bonds is 6. The molecule has 0 spiro atoms. The highest BCUT2D eigenvalue weighted by Crippen LogP contribution is 2.45. The molecule has 11 rings (SSSR count). The quantitative estimate of drug-likeness (QED) is 0.158. The van der Waals surface area contributed by atoms with Crippen molar-refractivity contribution >= 4 is 73.4 Å². The van der Waals surface area contributed by atoms with Gasteiger partial charge in [-0.05, 0) is 74.8 Å². The fourth-order valence-electron chi connectivity index (χ4n) is 9.19. The van der Waals surface area contributed by atoms with Crippen molar-refractivity contribution in [3.8, 4) is 17.2 Å². The standard InChI is InChI=1S/C50H35FN4SSi/c1-54-41-26-11-9-24-39(41)53-50(54)34-18-16-17-33(31-34)47(51)38-32-42-46(37-23-8-10-25-40(37)55(42)45-29-14-15-30-52-45)49-48(38)56-43-27-12-13-28-44(43)57(49,35-19-4-2-5-20-35)36-21-6-3-7-22-36/h2-32,47H,1H3. The van der Waals surface area contributed by atoms with Crippen molar-refractivity contribution < 1.29 is 4.39 Å². The summed E-state index contributed by atoms with van der Waals surface area (Å²) in [6, 6.07) is 63.5. The number of alkyl halides is 1. The first-order valence-electron chi connectivity index (χ1n) is 19.2. The van der Waals surface area contributed by atoms with E-state index < -0.39 is 14.2 Å². The summed E-state index contributed by atoms with van der Waals surface area (Å²) < 4.78 is 22.7. The van der Waals surface area contributed by atoms with Crippen LogP contribution >= 0.6 is 11.8 Å². The molecular weight excluding hydrogens is 736 g/mol. The van der Waals surface area contributed by atoms with Crippen LogP contribution in [0.4, 0.5) is 4.39 Å². The third-order valence-corrected chi connectivity index (χ3v) is 18.1. The van der Waals surface area contributed by atoms with Crippen molar-refractivity contribution in [2.75, 3.05) is 0 Å². The van der Waals surface area contributed by atoms with Gasteiger partial charge in [-0.15, -0.1) is 0 Å². The van der Waals surface area contributed by atoms with Gasteiger partial charge < -0.3 is 4.57 Å². The lowest BCUT2D eigenvalue weighted by atomic mass is 9.99. The Labute approximate surface area is 334 Å². The Morgan fingerprint density at radius 3 is 2.07 bits per heavy atom. The maximum Gasteiger partial charge on any atom is 0.182 e. The van der Waals surface area contributed by atoms with E-state index in [1.807, 2.05) is 73.9 Å². The van der Waals surface area contributed by atoms with Crippen LogP contribution in [0.15, 0.2) is 198 Å². The van der Waals surface area contributed by atoms with Gasteiger partial charge >= 0.3 is 0 Å². The largest absolute Gasteiger partial charge is 0.327 e. The maximum absolute atomic E-state index is 18.4. The molecule has 0 saturated carbocycles. The summed E-state index contributed by atoms with van der Waals surface area (Å²) in [5.74, 6) is 1.60. The highest BCUT2D eigenvalue weighted by molar-refractivity contribution is 8.00. The molecule has 0 amide bonds. The Kier molecular flexibility index (Phi) is 7.88. The summed E-state index contributed by atoms with van der Waals surface area (Å²) in [4.78, 5) is 12.0. The number of benzene rings is 7. The molecular formula is C50H35FN4SSi. The number of aryl methyl sites for hydroxylation is 1. The van der Waals surface area contributed by atoms with Gasteiger partial charge in [0, 0.05) is 44.9 Å². The van der Waals surface area contributed by atoms with Gasteiger partial charge in [0.05, 0.1) is 22.1 Å². The van der Waals surface area contributed by atoms with Crippen molar-refractivity contribution in [1.82, 2.24) is 19.1 Å². The van der Waals surface area contributed by atoms with Crippen LogP contribution in [-0.4, -0.2) is 27.2 Å². The third kappa shape index (κ3) is 5.05. The number of aromatic nitrogens is 4. The van der Waals surface area contributed by atoms with Crippen molar-refractivity contribution in [2.24, 2.45) is 7.05 Å². The molecule has 0 radical (unpaired) electrons. The number of fused-ring (bicyclic) bond motifs is 7. The number of halogens is 1. The van der Waals surface area contributed by atoms with Crippen LogP contribution in [-0.2, 0) is 7.05 Å². The van der Waals surface area contributed by atoms with E-state index in [9.17, 15) is 0 Å². The molecule has 0 fully saturated rings. The monoisotopic (exact) mass is 770 g/mol. The Hall–Kier alpha value is -6.54. The lowest BCUT2D eigenvalue weighted by molar-refractivity contribution is 0.397. The molecule has 1 unspecified atom stereocenters. The zero-order valence-electron chi connectivity index (χ0n) is 31.1. The lowest BCUT2D eigenvalue weighted by Crippen LogP contribution is -2.76. The molecule has 0 saturated heterocycles. The topological polar surface area (TPSA) is 35.6 Å². The molecule has 4 heterocycles. The first-order valence-corrected chi connectivity index (χ1v) is 22.0. The number of hydrogen-bond donors (Lipinski definition) is 0. The zero-order chi connectivity index (χ0) is 38.1. The number of para-hydroxylation sites is 3. The van der Waals surface area contributed by atoms with Gasteiger partial charge in [0.25, 0.3) is 0 Å². The summed E-state index contributed by atoms with van der Waals surface area (Å²) in [5, 5.41) is 7.33.